The van der Waals surface area contributed by atoms with Gasteiger partial charge in [-0.2, -0.15) is 6.42 Å². The Labute approximate surface area is 164 Å². The van der Waals surface area contributed by atoms with Gasteiger partial charge in [-0.25, -0.2) is 9.97 Å². The molecule has 2 rings (SSSR count). The average molecular weight is 298 g/mol. The number of rotatable bonds is 6. The maximum Gasteiger partial charge on any atom is 1.00 e. The molecule has 0 fully saturated rings. The van der Waals surface area contributed by atoms with Crippen molar-refractivity contribution in [2.45, 2.75) is 52.4 Å². The van der Waals surface area contributed by atoms with Gasteiger partial charge in [-0.15, -0.1) is 0 Å². The Hall–Kier alpha value is 0.0564. The Morgan fingerprint density at radius 1 is 1.00 bits per heavy atom. The fraction of sp³-hybridized carbons (Fsp3) is 0.533. The van der Waals surface area contributed by atoms with Crippen LogP contribution < -0.4 is 51.4 Å². The number of aromatic nitrogens is 4. The van der Waals surface area contributed by atoms with Crippen molar-refractivity contribution in [3.63, 3.8) is 0 Å². The summed E-state index contributed by atoms with van der Waals surface area (Å²) < 4.78 is 0. The molecule has 0 unspecified atom stereocenters. The van der Waals surface area contributed by atoms with E-state index in [2.05, 4.69) is 54.1 Å². The van der Waals surface area contributed by atoms with Gasteiger partial charge in [-0.3, -0.25) is 0 Å². The van der Waals surface area contributed by atoms with E-state index >= 15 is 0 Å². The molecule has 0 aliphatic carbocycles. The number of H-pyrrole nitrogens is 2. The molecule has 2 aromatic rings. The van der Waals surface area contributed by atoms with Crippen LogP contribution in [0.3, 0.4) is 0 Å². The number of aromatic amines is 2. The standard InChI is InChI=1S/C15H23N4.K/c1-5-8-15(4,11-9-16-13(6-2)18-11)12-10-17-14(7-3)19-12;/h8-10H,5-7H2,1-4H3,(H,16,18)(H,17,19);/q-1;+1. The first kappa shape index (κ1) is 18.1. The number of aryl methyl sites for hydroxylation is 2. The average Bonchev–Trinajstić information content (AvgIpc) is 3.08. The fourth-order valence-electron chi connectivity index (χ4n) is 2.39. The Balaban J connectivity index is 0.00000200. The monoisotopic (exact) mass is 298 g/mol. The minimum atomic E-state index is -0.185. The third-order valence-electron chi connectivity index (χ3n) is 3.66. The van der Waals surface area contributed by atoms with Crippen molar-refractivity contribution in [2.24, 2.45) is 0 Å². The molecule has 2 aromatic heterocycles. The quantitative estimate of drug-likeness (QED) is 0.590. The normalized spacial score (nSPS) is 11.4. The van der Waals surface area contributed by atoms with Crippen LogP contribution in [0, 0.1) is 6.42 Å². The molecule has 0 saturated carbocycles. The van der Waals surface area contributed by atoms with Gasteiger partial charge in [-0.05, 0) is 0 Å². The predicted octanol–water partition coefficient (Wildman–Crippen LogP) is 0.182. The summed E-state index contributed by atoms with van der Waals surface area (Å²) in [4.78, 5) is 15.7. The maximum absolute atomic E-state index is 4.43. The second-order valence-corrected chi connectivity index (χ2v) is 5.01. The van der Waals surface area contributed by atoms with Crippen LogP contribution in [0.5, 0.6) is 0 Å². The minimum Gasteiger partial charge on any atom is -0.347 e. The molecule has 4 nitrogen and oxygen atoms in total. The largest absolute Gasteiger partial charge is 1.00 e. The summed E-state index contributed by atoms with van der Waals surface area (Å²) in [6.45, 7) is 8.58. The first-order chi connectivity index (χ1) is 9.13. The maximum atomic E-state index is 4.43. The van der Waals surface area contributed by atoms with Crippen LogP contribution in [0.15, 0.2) is 12.4 Å². The Bertz CT molecular complexity index is 487. The molecule has 0 amide bonds. The third-order valence-corrected chi connectivity index (χ3v) is 3.66. The van der Waals surface area contributed by atoms with Crippen LogP contribution in [0.1, 0.15) is 57.2 Å². The number of hydrogen-bond donors (Lipinski definition) is 2. The SMILES string of the molecule is CC[CH-]C(C)(c1cnc(CC)[nH]1)c1cnc(CC)[nH]1.[K+]. The summed E-state index contributed by atoms with van der Waals surface area (Å²) in [5.74, 6) is 2.06. The molecule has 0 aliphatic heterocycles. The molecule has 0 atom stereocenters. The van der Waals surface area contributed by atoms with Gasteiger partial charge in [0.2, 0.25) is 0 Å². The Morgan fingerprint density at radius 3 is 1.75 bits per heavy atom. The van der Waals surface area contributed by atoms with E-state index < -0.39 is 0 Å². The molecular formula is C15H23KN4. The van der Waals surface area contributed by atoms with Crippen LogP contribution >= 0.6 is 0 Å². The minimum absolute atomic E-state index is 0. The van der Waals surface area contributed by atoms with E-state index in [-0.39, 0.29) is 56.8 Å². The van der Waals surface area contributed by atoms with E-state index in [0.29, 0.717) is 0 Å². The topological polar surface area (TPSA) is 57.4 Å². The molecule has 0 saturated heterocycles. The molecule has 0 aromatic carbocycles. The van der Waals surface area contributed by atoms with E-state index in [9.17, 15) is 0 Å². The van der Waals surface area contributed by atoms with Gasteiger partial charge in [0.25, 0.3) is 0 Å². The van der Waals surface area contributed by atoms with Crippen LogP contribution in [-0.4, -0.2) is 19.9 Å². The van der Waals surface area contributed by atoms with Gasteiger partial charge < -0.3 is 16.4 Å². The number of nitrogens with one attached hydrogen (secondary N) is 2. The van der Waals surface area contributed by atoms with Crippen molar-refractivity contribution in [3.8, 4) is 0 Å². The van der Waals surface area contributed by atoms with Gasteiger partial charge >= 0.3 is 51.4 Å². The van der Waals surface area contributed by atoms with Crippen molar-refractivity contribution in [1.82, 2.24) is 19.9 Å². The number of hydrogen-bond acceptors (Lipinski definition) is 2. The van der Waals surface area contributed by atoms with Crippen molar-refractivity contribution < 1.29 is 51.4 Å². The van der Waals surface area contributed by atoms with Crippen LogP contribution in [-0.2, 0) is 18.3 Å². The van der Waals surface area contributed by atoms with Crippen molar-refractivity contribution in [1.29, 1.82) is 0 Å². The molecule has 0 bridgehead atoms. The van der Waals surface area contributed by atoms with Crippen molar-refractivity contribution in [3.05, 3.63) is 41.9 Å². The Kier molecular flexibility index (Phi) is 7.15. The van der Waals surface area contributed by atoms with E-state index in [0.717, 1.165) is 42.3 Å². The molecule has 2 N–H and O–H groups in total. The first-order valence-electron chi connectivity index (χ1n) is 7.07. The fourth-order valence-corrected chi connectivity index (χ4v) is 2.39. The molecule has 5 heteroatoms. The summed E-state index contributed by atoms with van der Waals surface area (Å²) in [6, 6.07) is 0. The second kappa shape index (κ2) is 7.89. The molecule has 2 heterocycles. The zero-order chi connectivity index (χ0) is 13.9. The molecule has 104 valence electrons. The molecule has 0 radical (unpaired) electrons. The summed E-state index contributed by atoms with van der Waals surface area (Å²) in [5.41, 5.74) is 2.06. The summed E-state index contributed by atoms with van der Waals surface area (Å²) in [7, 11) is 0. The summed E-state index contributed by atoms with van der Waals surface area (Å²) in [5, 5.41) is 0. The van der Waals surface area contributed by atoms with Crippen molar-refractivity contribution >= 4 is 0 Å². The van der Waals surface area contributed by atoms with Gasteiger partial charge in [0.05, 0.1) is 0 Å². The predicted molar refractivity (Wildman–Crippen MR) is 77.0 cm³/mol. The van der Waals surface area contributed by atoms with Crippen LogP contribution in [0.25, 0.3) is 0 Å². The van der Waals surface area contributed by atoms with Gasteiger partial charge in [0.15, 0.2) is 0 Å². The van der Waals surface area contributed by atoms with Crippen molar-refractivity contribution in [2.75, 3.05) is 0 Å². The smallest absolute Gasteiger partial charge is 0.347 e. The van der Waals surface area contributed by atoms with E-state index in [4.69, 9.17) is 0 Å². The molecule has 0 spiro atoms. The van der Waals surface area contributed by atoms with E-state index in [1.807, 2.05) is 12.4 Å². The number of nitrogens with zero attached hydrogens (tertiary/aromatic N) is 2. The van der Waals surface area contributed by atoms with E-state index in [1.54, 1.807) is 0 Å². The zero-order valence-electron chi connectivity index (χ0n) is 13.2. The van der Waals surface area contributed by atoms with Crippen LogP contribution in [0.4, 0.5) is 0 Å². The molecule has 0 aliphatic rings. The van der Waals surface area contributed by atoms with E-state index in [1.165, 1.54) is 0 Å². The Morgan fingerprint density at radius 2 is 1.45 bits per heavy atom. The second-order valence-electron chi connectivity index (χ2n) is 5.01. The van der Waals surface area contributed by atoms with Gasteiger partial charge in [0, 0.05) is 36.6 Å². The molecular weight excluding hydrogens is 275 g/mol. The third kappa shape index (κ3) is 3.63. The molecule has 20 heavy (non-hydrogen) atoms. The summed E-state index contributed by atoms with van der Waals surface area (Å²) in [6.07, 6.45) is 9.02. The van der Waals surface area contributed by atoms with Gasteiger partial charge in [-0.1, -0.05) is 33.1 Å². The zero-order valence-corrected chi connectivity index (χ0v) is 16.4. The first-order valence-corrected chi connectivity index (χ1v) is 7.07. The number of imidazole rings is 2. The van der Waals surface area contributed by atoms with Gasteiger partial charge in [0.1, 0.15) is 11.6 Å². The van der Waals surface area contributed by atoms with Crippen LogP contribution in [0.2, 0.25) is 0 Å². The summed E-state index contributed by atoms with van der Waals surface area (Å²) >= 11 is 0.